The van der Waals surface area contributed by atoms with Crippen molar-refractivity contribution in [1.82, 2.24) is 15.3 Å². The molecule has 1 saturated carbocycles. The molecule has 1 unspecified atom stereocenters. The Morgan fingerprint density at radius 2 is 2.10 bits per heavy atom. The highest BCUT2D eigenvalue weighted by Gasteiger charge is 2.41. The largest absolute Gasteiger partial charge is 0.492 e. The highest BCUT2D eigenvalue weighted by Crippen LogP contribution is 2.39. The van der Waals surface area contributed by atoms with Crippen LogP contribution in [-0.4, -0.2) is 53.7 Å². The number of aryl methyl sites for hydroxylation is 1. The minimum atomic E-state index is -0.274. The van der Waals surface area contributed by atoms with E-state index in [0.29, 0.717) is 23.9 Å². The molecule has 0 radical (unpaired) electrons. The van der Waals surface area contributed by atoms with Crippen molar-refractivity contribution >= 4 is 29.3 Å². The van der Waals surface area contributed by atoms with Gasteiger partial charge in [-0.3, -0.25) is 15.0 Å². The first-order valence-corrected chi connectivity index (χ1v) is 10.9. The number of amides is 3. The van der Waals surface area contributed by atoms with Crippen LogP contribution in [0.5, 0.6) is 5.75 Å². The number of anilines is 3. The van der Waals surface area contributed by atoms with Crippen molar-refractivity contribution in [3.8, 4) is 5.75 Å². The van der Waals surface area contributed by atoms with E-state index in [1.165, 1.54) is 0 Å². The molecule has 160 valence electrons. The summed E-state index contributed by atoms with van der Waals surface area (Å²) in [5, 5.41) is 5.91. The second-order valence-corrected chi connectivity index (χ2v) is 8.60. The van der Waals surface area contributed by atoms with Crippen molar-refractivity contribution in [3.05, 3.63) is 35.7 Å². The number of hydrogen-bond donors (Lipinski definition) is 2. The van der Waals surface area contributed by atoms with Crippen LogP contribution in [0.25, 0.3) is 0 Å². The molecule has 0 spiro atoms. The molecule has 1 saturated heterocycles. The summed E-state index contributed by atoms with van der Waals surface area (Å²) in [5.74, 6) is 1.64. The first-order chi connectivity index (χ1) is 15.2. The fourth-order valence-electron chi connectivity index (χ4n) is 4.58. The SMILES string of the molecule is O=C(NC1CC1)c1ccc2c(n1)N(C(=O)Nc1cc3c(cn1)OCCC3)C1CCN2C1. The predicted octanol–water partition coefficient (Wildman–Crippen LogP) is 2.32. The molecule has 2 aromatic rings. The Bertz CT molecular complexity index is 1070. The zero-order valence-electron chi connectivity index (χ0n) is 17.1. The molecule has 9 heteroatoms. The van der Waals surface area contributed by atoms with Gasteiger partial charge >= 0.3 is 6.03 Å². The topological polar surface area (TPSA) is 99.7 Å². The number of carbonyl (C=O) groups excluding carboxylic acids is 2. The summed E-state index contributed by atoms with van der Waals surface area (Å²) >= 11 is 0. The van der Waals surface area contributed by atoms with Crippen LogP contribution in [0.4, 0.5) is 22.1 Å². The lowest BCUT2D eigenvalue weighted by molar-refractivity contribution is 0.0946. The molecule has 3 amide bonds. The normalized spacial score (nSPS) is 21.1. The molecular weight excluding hydrogens is 396 g/mol. The van der Waals surface area contributed by atoms with Crippen LogP contribution in [0.15, 0.2) is 24.4 Å². The van der Waals surface area contributed by atoms with Gasteiger partial charge in [0, 0.05) is 19.1 Å². The second-order valence-electron chi connectivity index (χ2n) is 8.60. The van der Waals surface area contributed by atoms with Gasteiger partial charge < -0.3 is 15.0 Å². The maximum atomic E-state index is 13.3. The van der Waals surface area contributed by atoms with Gasteiger partial charge in [-0.2, -0.15) is 0 Å². The minimum Gasteiger partial charge on any atom is -0.492 e. The number of aromatic nitrogens is 2. The van der Waals surface area contributed by atoms with E-state index in [1.54, 1.807) is 17.2 Å². The van der Waals surface area contributed by atoms with E-state index >= 15 is 0 Å². The zero-order valence-corrected chi connectivity index (χ0v) is 17.1. The maximum Gasteiger partial charge on any atom is 0.329 e. The first-order valence-electron chi connectivity index (χ1n) is 10.9. The Morgan fingerprint density at radius 1 is 1.19 bits per heavy atom. The maximum absolute atomic E-state index is 13.3. The van der Waals surface area contributed by atoms with Crippen molar-refractivity contribution in [2.24, 2.45) is 0 Å². The Labute approximate surface area is 179 Å². The lowest BCUT2D eigenvalue weighted by Crippen LogP contribution is -2.48. The highest BCUT2D eigenvalue weighted by molar-refractivity contribution is 6.05. The molecule has 9 nitrogen and oxygen atoms in total. The Morgan fingerprint density at radius 3 is 2.97 bits per heavy atom. The second kappa shape index (κ2) is 7.11. The van der Waals surface area contributed by atoms with Gasteiger partial charge in [0.2, 0.25) is 0 Å². The third-order valence-corrected chi connectivity index (χ3v) is 6.35. The average molecular weight is 420 g/mol. The summed E-state index contributed by atoms with van der Waals surface area (Å²) in [4.78, 5) is 38.8. The Hall–Kier alpha value is -3.36. The number of hydrogen-bond acceptors (Lipinski definition) is 6. The van der Waals surface area contributed by atoms with Crippen LogP contribution in [-0.2, 0) is 6.42 Å². The van der Waals surface area contributed by atoms with E-state index < -0.39 is 0 Å². The van der Waals surface area contributed by atoms with Crippen LogP contribution in [0.1, 0.15) is 41.7 Å². The zero-order chi connectivity index (χ0) is 20.9. The van der Waals surface area contributed by atoms with Gasteiger partial charge in [-0.25, -0.2) is 14.8 Å². The van der Waals surface area contributed by atoms with E-state index in [1.807, 2.05) is 12.1 Å². The van der Waals surface area contributed by atoms with Crippen molar-refractivity contribution in [2.45, 2.75) is 44.2 Å². The number of urea groups is 1. The van der Waals surface area contributed by atoms with E-state index in [9.17, 15) is 9.59 Å². The molecular formula is C22H24N6O3. The lowest BCUT2D eigenvalue weighted by Gasteiger charge is -2.35. The summed E-state index contributed by atoms with van der Waals surface area (Å²) in [6.45, 7) is 2.33. The molecule has 6 rings (SSSR count). The molecule has 2 bridgehead atoms. The number of carbonyl (C=O) groups is 2. The molecule has 0 aromatic carbocycles. The van der Waals surface area contributed by atoms with E-state index in [-0.39, 0.29) is 24.0 Å². The Kier molecular flexibility index (Phi) is 4.22. The fraction of sp³-hybridized carbons (Fsp3) is 0.455. The molecule has 3 aliphatic heterocycles. The van der Waals surface area contributed by atoms with Crippen LogP contribution >= 0.6 is 0 Å². The average Bonchev–Trinajstić information content (AvgIpc) is 3.51. The summed E-state index contributed by atoms with van der Waals surface area (Å²) in [6.07, 6.45) is 6.42. The number of nitrogens with one attached hydrogen (secondary N) is 2. The first kappa shape index (κ1) is 18.4. The standard InChI is InChI=1S/C22H24N6O3/c29-21(24-14-3-4-14)16-5-6-17-20(25-16)28(15-7-8-27(17)12-15)22(30)26-19-10-13-2-1-9-31-18(13)11-23-19/h5-6,10-11,14-15H,1-4,7-9,12H2,(H,24,29)(H,23,26,30). The molecule has 31 heavy (non-hydrogen) atoms. The minimum absolute atomic E-state index is 0.0164. The monoisotopic (exact) mass is 420 g/mol. The molecule has 2 aromatic heterocycles. The quantitative estimate of drug-likeness (QED) is 0.791. The summed E-state index contributed by atoms with van der Waals surface area (Å²) in [5.41, 5.74) is 2.29. The van der Waals surface area contributed by atoms with Gasteiger partial charge in [0.1, 0.15) is 17.3 Å². The third kappa shape index (κ3) is 3.34. The van der Waals surface area contributed by atoms with Crippen molar-refractivity contribution in [1.29, 1.82) is 0 Å². The van der Waals surface area contributed by atoms with E-state index in [4.69, 9.17) is 4.74 Å². The van der Waals surface area contributed by atoms with Gasteiger partial charge in [0.05, 0.1) is 24.5 Å². The summed E-state index contributed by atoms with van der Waals surface area (Å²) < 4.78 is 5.61. The van der Waals surface area contributed by atoms with Crippen molar-refractivity contribution < 1.29 is 14.3 Å². The molecule has 5 heterocycles. The van der Waals surface area contributed by atoms with Gasteiger partial charge in [-0.15, -0.1) is 0 Å². The number of ether oxygens (including phenoxy) is 1. The number of fused-ring (bicyclic) bond motifs is 5. The lowest BCUT2D eigenvalue weighted by atomic mass is 10.1. The van der Waals surface area contributed by atoms with E-state index in [2.05, 4.69) is 25.5 Å². The Balaban J connectivity index is 1.29. The predicted molar refractivity (Wildman–Crippen MR) is 115 cm³/mol. The van der Waals surface area contributed by atoms with E-state index in [0.717, 1.165) is 62.2 Å². The number of nitrogens with zero attached hydrogens (tertiary/aromatic N) is 4. The van der Waals surface area contributed by atoms with Crippen molar-refractivity contribution in [2.75, 3.05) is 34.8 Å². The number of rotatable bonds is 3. The third-order valence-electron chi connectivity index (χ3n) is 6.35. The van der Waals surface area contributed by atoms with Gasteiger partial charge in [0.25, 0.3) is 5.91 Å². The summed E-state index contributed by atoms with van der Waals surface area (Å²) in [7, 11) is 0. The smallest absolute Gasteiger partial charge is 0.329 e. The van der Waals surface area contributed by atoms with Crippen LogP contribution in [0.2, 0.25) is 0 Å². The van der Waals surface area contributed by atoms with Gasteiger partial charge in [-0.1, -0.05) is 0 Å². The molecule has 2 fully saturated rings. The molecule has 4 aliphatic rings. The molecule has 2 N–H and O–H groups in total. The van der Waals surface area contributed by atoms with Crippen LogP contribution in [0.3, 0.4) is 0 Å². The number of pyridine rings is 2. The van der Waals surface area contributed by atoms with Crippen LogP contribution < -0.4 is 25.2 Å². The highest BCUT2D eigenvalue weighted by atomic mass is 16.5. The van der Waals surface area contributed by atoms with Gasteiger partial charge in [-0.05, 0) is 55.9 Å². The molecule has 1 atom stereocenters. The van der Waals surface area contributed by atoms with Gasteiger partial charge in [0.15, 0.2) is 5.82 Å². The van der Waals surface area contributed by atoms with Crippen LogP contribution in [0, 0.1) is 0 Å². The fourth-order valence-corrected chi connectivity index (χ4v) is 4.58. The molecule has 1 aliphatic carbocycles. The van der Waals surface area contributed by atoms with Crippen molar-refractivity contribution in [3.63, 3.8) is 0 Å². The summed E-state index contributed by atoms with van der Waals surface area (Å²) in [6, 6.07) is 5.53.